The summed E-state index contributed by atoms with van der Waals surface area (Å²) in [5.74, 6) is 1.42. The summed E-state index contributed by atoms with van der Waals surface area (Å²) in [4.78, 5) is 2.31. The molecule has 0 unspecified atom stereocenters. The van der Waals surface area contributed by atoms with E-state index in [1.807, 2.05) is 0 Å². The van der Waals surface area contributed by atoms with Gasteiger partial charge in [0.2, 0.25) is 0 Å². The highest BCUT2D eigenvalue weighted by atomic mass is 16.3. The van der Waals surface area contributed by atoms with Crippen molar-refractivity contribution in [2.45, 2.75) is 33.6 Å². The zero-order chi connectivity index (χ0) is 10.3. The average Bonchev–Trinajstić information content (AvgIpc) is 2.05. The average molecular weight is 187 g/mol. The summed E-state index contributed by atoms with van der Waals surface area (Å²) in [6, 6.07) is 0. The van der Waals surface area contributed by atoms with Crippen molar-refractivity contribution in [3.63, 3.8) is 0 Å². The third-order valence-electron chi connectivity index (χ3n) is 2.10. The summed E-state index contributed by atoms with van der Waals surface area (Å²) < 4.78 is 0. The molecule has 0 aromatic carbocycles. The van der Waals surface area contributed by atoms with Gasteiger partial charge in [-0.3, -0.25) is 0 Å². The van der Waals surface area contributed by atoms with Gasteiger partial charge in [0.15, 0.2) is 0 Å². The third kappa shape index (κ3) is 8.26. The molecule has 0 amide bonds. The second-order valence-corrected chi connectivity index (χ2v) is 4.66. The highest BCUT2D eigenvalue weighted by Crippen LogP contribution is 2.14. The minimum absolute atomic E-state index is 0.383. The van der Waals surface area contributed by atoms with E-state index in [0.29, 0.717) is 12.5 Å². The molecular formula is C11H25NO. The molecule has 2 nitrogen and oxygen atoms in total. The SMILES string of the molecule is CC(C)C.CN1CCC(CO)CC1. The number of likely N-dealkylation sites (tertiary alicyclic amines) is 1. The first-order valence-electron chi connectivity index (χ1n) is 5.35. The number of nitrogens with zero attached hydrogens (tertiary/aromatic N) is 1. The topological polar surface area (TPSA) is 23.5 Å². The maximum absolute atomic E-state index is 8.76. The van der Waals surface area contributed by atoms with Crippen LogP contribution in [0.4, 0.5) is 0 Å². The lowest BCUT2D eigenvalue weighted by molar-refractivity contribution is 0.148. The van der Waals surface area contributed by atoms with Crippen LogP contribution in [0.15, 0.2) is 0 Å². The molecule has 0 bridgehead atoms. The van der Waals surface area contributed by atoms with Crippen molar-refractivity contribution >= 4 is 0 Å². The summed E-state index contributed by atoms with van der Waals surface area (Å²) in [5.41, 5.74) is 0. The van der Waals surface area contributed by atoms with Crippen LogP contribution in [0.25, 0.3) is 0 Å². The molecule has 0 atom stereocenters. The van der Waals surface area contributed by atoms with Crippen molar-refractivity contribution in [1.29, 1.82) is 0 Å². The molecule has 1 heterocycles. The molecule has 80 valence electrons. The Morgan fingerprint density at radius 1 is 1.23 bits per heavy atom. The van der Waals surface area contributed by atoms with Crippen molar-refractivity contribution < 1.29 is 5.11 Å². The van der Waals surface area contributed by atoms with Crippen molar-refractivity contribution in [1.82, 2.24) is 4.90 Å². The van der Waals surface area contributed by atoms with E-state index in [-0.39, 0.29) is 0 Å². The van der Waals surface area contributed by atoms with Gasteiger partial charge in [-0.05, 0) is 44.8 Å². The normalized spacial score (nSPS) is 19.8. The first-order chi connectivity index (χ1) is 6.06. The number of rotatable bonds is 1. The number of aliphatic hydroxyl groups excluding tert-OH is 1. The van der Waals surface area contributed by atoms with E-state index in [1.165, 1.54) is 12.8 Å². The monoisotopic (exact) mass is 187 g/mol. The Morgan fingerprint density at radius 3 is 1.92 bits per heavy atom. The molecule has 1 rings (SSSR count). The fraction of sp³-hybridized carbons (Fsp3) is 1.00. The Kier molecular flexibility index (Phi) is 7.29. The predicted octanol–water partition coefficient (Wildman–Crippen LogP) is 1.98. The molecule has 0 radical (unpaired) electrons. The summed E-state index contributed by atoms with van der Waals surface area (Å²) in [6.07, 6.45) is 2.35. The van der Waals surface area contributed by atoms with Crippen LogP contribution in [-0.4, -0.2) is 36.8 Å². The van der Waals surface area contributed by atoms with Crippen LogP contribution in [0.2, 0.25) is 0 Å². The maximum atomic E-state index is 8.76. The van der Waals surface area contributed by atoms with E-state index in [9.17, 15) is 0 Å². The van der Waals surface area contributed by atoms with Gasteiger partial charge < -0.3 is 10.0 Å². The molecule has 1 aliphatic rings. The Bertz CT molecular complexity index is 104. The Morgan fingerprint density at radius 2 is 1.62 bits per heavy atom. The molecule has 2 heteroatoms. The summed E-state index contributed by atoms with van der Waals surface area (Å²) >= 11 is 0. The van der Waals surface area contributed by atoms with Gasteiger partial charge in [-0.15, -0.1) is 0 Å². The number of piperidine rings is 1. The Labute approximate surface area is 82.9 Å². The van der Waals surface area contributed by atoms with Crippen molar-refractivity contribution in [2.24, 2.45) is 11.8 Å². The molecular weight excluding hydrogens is 162 g/mol. The van der Waals surface area contributed by atoms with Gasteiger partial charge in [0.25, 0.3) is 0 Å². The molecule has 0 saturated carbocycles. The molecule has 1 aliphatic heterocycles. The fourth-order valence-electron chi connectivity index (χ4n) is 1.24. The van der Waals surface area contributed by atoms with Crippen molar-refractivity contribution in [3.8, 4) is 0 Å². The standard InChI is InChI=1S/C7H15NO.C4H10/c1-8-4-2-7(6-9)3-5-8;1-4(2)3/h7,9H,2-6H2,1H3;4H,1-3H3. The lowest BCUT2D eigenvalue weighted by Crippen LogP contribution is -2.31. The molecule has 1 saturated heterocycles. The lowest BCUT2D eigenvalue weighted by atomic mass is 9.98. The number of aliphatic hydroxyl groups is 1. The summed E-state index contributed by atoms with van der Waals surface area (Å²) in [5, 5.41) is 8.76. The minimum Gasteiger partial charge on any atom is -0.396 e. The van der Waals surface area contributed by atoms with Crippen LogP contribution >= 0.6 is 0 Å². The Hall–Kier alpha value is -0.0800. The summed E-state index contributed by atoms with van der Waals surface area (Å²) in [6.45, 7) is 9.20. The molecule has 0 aromatic heterocycles. The van der Waals surface area contributed by atoms with Gasteiger partial charge in [0.05, 0.1) is 0 Å². The third-order valence-corrected chi connectivity index (χ3v) is 2.10. The van der Waals surface area contributed by atoms with Gasteiger partial charge in [-0.25, -0.2) is 0 Å². The van der Waals surface area contributed by atoms with Crippen LogP contribution in [0.1, 0.15) is 33.6 Å². The Balaban J connectivity index is 0.000000310. The smallest absolute Gasteiger partial charge is 0.0460 e. The minimum atomic E-state index is 0.383. The number of hydrogen-bond acceptors (Lipinski definition) is 2. The molecule has 13 heavy (non-hydrogen) atoms. The van der Waals surface area contributed by atoms with Crippen LogP contribution in [0.5, 0.6) is 0 Å². The highest BCUT2D eigenvalue weighted by molar-refractivity contribution is 4.68. The molecule has 1 fully saturated rings. The molecule has 0 aliphatic carbocycles. The summed E-state index contributed by atoms with van der Waals surface area (Å²) in [7, 11) is 2.13. The van der Waals surface area contributed by atoms with E-state index >= 15 is 0 Å². The highest BCUT2D eigenvalue weighted by Gasteiger charge is 2.14. The van der Waals surface area contributed by atoms with Crippen molar-refractivity contribution in [2.75, 3.05) is 26.7 Å². The molecule has 0 spiro atoms. The van der Waals surface area contributed by atoms with Crippen LogP contribution in [0.3, 0.4) is 0 Å². The lowest BCUT2D eigenvalue weighted by Gasteiger charge is -2.27. The first kappa shape index (κ1) is 12.9. The van der Waals surface area contributed by atoms with E-state index < -0.39 is 0 Å². The fourth-order valence-corrected chi connectivity index (χ4v) is 1.24. The van der Waals surface area contributed by atoms with Gasteiger partial charge in [-0.1, -0.05) is 20.8 Å². The van der Waals surface area contributed by atoms with E-state index in [1.54, 1.807) is 0 Å². The molecule has 1 N–H and O–H groups in total. The van der Waals surface area contributed by atoms with E-state index in [4.69, 9.17) is 5.11 Å². The van der Waals surface area contributed by atoms with Crippen LogP contribution < -0.4 is 0 Å². The van der Waals surface area contributed by atoms with Gasteiger partial charge in [-0.2, -0.15) is 0 Å². The zero-order valence-electron chi connectivity index (χ0n) is 9.58. The first-order valence-corrected chi connectivity index (χ1v) is 5.35. The van der Waals surface area contributed by atoms with Crippen LogP contribution in [-0.2, 0) is 0 Å². The number of hydrogen-bond donors (Lipinski definition) is 1. The second-order valence-electron chi connectivity index (χ2n) is 4.66. The van der Waals surface area contributed by atoms with Gasteiger partial charge in [0, 0.05) is 6.61 Å². The largest absolute Gasteiger partial charge is 0.396 e. The quantitative estimate of drug-likeness (QED) is 0.678. The predicted molar refractivity (Wildman–Crippen MR) is 57.8 cm³/mol. The van der Waals surface area contributed by atoms with Gasteiger partial charge in [0.1, 0.15) is 0 Å². The maximum Gasteiger partial charge on any atom is 0.0460 e. The zero-order valence-corrected chi connectivity index (χ0v) is 9.58. The molecule has 0 aromatic rings. The van der Waals surface area contributed by atoms with E-state index in [0.717, 1.165) is 19.0 Å². The van der Waals surface area contributed by atoms with Crippen LogP contribution in [0, 0.1) is 11.8 Å². The second kappa shape index (κ2) is 7.34. The van der Waals surface area contributed by atoms with E-state index in [2.05, 4.69) is 32.7 Å². The van der Waals surface area contributed by atoms with Crippen molar-refractivity contribution in [3.05, 3.63) is 0 Å². The van der Waals surface area contributed by atoms with Gasteiger partial charge >= 0.3 is 0 Å².